The lowest BCUT2D eigenvalue weighted by molar-refractivity contribution is 0.607. The number of hydrogen-bond donors (Lipinski definition) is 0. The molecule has 0 unspecified atom stereocenters. The Morgan fingerprint density at radius 1 is 0.434 bits per heavy atom. The number of hydrogen-bond acceptors (Lipinski definition) is 2. The normalized spacial score (nSPS) is 15.1. The van der Waals surface area contributed by atoms with Gasteiger partial charge < -0.3 is 0 Å². The zero-order valence-electron chi connectivity index (χ0n) is 31.3. The molecule has 2 aliphatic heterocycles. The smallest absolute Gasteiger partial charge is 0.0895 e. The summed E-state index contributed by atoms with van der Waals surface area (Å²) in [6.45, 7) is 14.1. The lowest BCUT2D eigenvalue weighted by atomic mass is 9.76. The van der Waals surface area contributed by atoms with Gasteiger partial charge in [-0.25, -0.2) is 0 Å². The summed E-state index contributed by atoms with van der Waals surface area (Å²) in [6.07, 6.45) is 0. The molecular weight excluding hydrogens is 693 g/mol. The Hall–Kier alpha value is -4.54. The van der Waals surface area contributed by atoms with Crippen molar-refractivity contribution in [1.29, 1.82) is 0 Å². The molecule has 0 nitrogen and oxygen atoms in total. The topological polar surface area (TPSA) is 0 Å². The molecule has 260 valence electrons. The maximum absolute atomic E-state index is 2.90. The third-order valence-corrected chi connectivity index (χ3v) is 19.3. The lowest BCUT2D eigenvalue weighted by Crippen LogP contribution is -2.75. The molecule has 9 rings (SSSR count). The first kappa shape index (κ1) is 34.2. The number of rotatable bonds is 5. The fourth-order valence-electron chi connectivity index (χ4n) is 9.14. The van der Waals surface area contributed by atoms with E-state index < -0.39 is 8.07 Å². The third-order valence-electron chi connectivity index (χ3n) is 11.9. The molecule has 0 N–H and O–H groups in total. The Labute approximate surface area is 324 Å². The molecule has 3 heteroatoms. The van der Waals surface area contributed by atoms with Crippen LogP contribution in [0.2, 0.25) is 0 Å². The average Bonchev–Trinajstić information content (AvgIpc) is 3.16. The molecule has 7 aromatic carbocycles. The van der Waals surface area contributed by atoms with Gasteiger partial charge in [0.15, 0.2) is 8.07 Å². The molecule has 0 aromatic heterocycles. The van der Waals surface area contributed by atoms with Crippen LogP contribution in [0.1, 0.15) is 61.1 Å². The van der Waals surface area contributed by atoms with E-state index in [0.717, 1.165) is 0 Å². The molecule has 0 radical (unpaired) electrons. The quantitative estimate of drug-likeness (QED) is 0.127. The fourth-order valence-corrected chi connectivity index (χ4v) is 17.7. The van der Waals surface area contributed by atoms with E-state index in [-0.39, 0.29) is 10.8 Å². The largest absolute Gasteiger partial charge is 0.180 e. The molecule has 53 heavy (non-hydrogen) atoms. The molecule has 0 atom stereocenters. The predicted octanol–water partition coefficient (Wildman–Crippen LogP) is 10.9. The Bertz CT molecular complexity index is 2490. The van der Waals surface area contributed by atoms with Gasteiger partial charge in [-0.05, 0) is 91.2 Å². The van der Waals surface area contributed by atoms with E-state index in [1.165, 1.54) is 84.8 Å². The molecular formula is C50H44S2Si. The van der Waals surface area contributed by atoms with Crippen LogP contribution < -0.4 is 20.7 Å². The minimum Gasteiger partial charge on any atom is -0.0895 e. The monoisotopic (exact) mass is 736 g/mol. The number of fused-ring (bicyclic) bond motifs is 4. The Balaban J connectivity index is 1.34. The first-order chi connectivity index (χ1) is 25.6. The summed E-state index contributed by atoms with van der Waals surface area (Å²) in [5, 5.41) is 5.68. The van der Waals surface area contributed by atoms with Crippen molar-refractivity contribution < 1.29 is 0 Å². The summed E-state index contributed by atoms with van der Waals surface area (Å²) in [7, 11) is -2.90. The number of benzene rings is 7. The summed E-state index contributed by atoms with van der Waals surface area (Å²) in [4.78, 5) is 5.54. The van der Waals surface area contributed by atoms with Crippen molar-refractivity contribution in [3.63, 3.8) is 0 Å². The minimum atomic E-state index is -2.90. The van der Waals surface area contributed by atoms with Gasteiger partial charge in [0.05, 0.1) is 0 Å². The lowest BCUT2D eigenvalue weighted by Gasteiger charge is -2.41. The Morgan fingerprint density at radius 3 is 1.70 bits per heavy atom. The van der Waals surface area contributed by atoms with Crippen molar-refractivity contribution in [2.75, 3.05) is 0 Å². The second-order valence-electron chi connectivity index (χ2n) is 15.8. The first-order valence-corrected chi connectivity index (χ1v) is 22.3. The van der Waals surface area contributed by atoms with Crippen molar-refractivity contribution in [2.24, 2.45) is 0 Å². The Morgan fingerprint density at radius 2 is 0.981 bits per heavy atom. The zero-order valence-corrected chi connectivity index (χ0v) is 34.0. The summed E-state index contributed by atoms with van der Waals surface area (Å²) in [5.41, 5.74) is 10.7. The van der Waals surface area contributed by atoms with Crippen molar-refractivity contribution >= 4 is 52.3 Å². The van der Waals surface area contributed by atoms with Crippen LogP contribution in [0.25, 0.3) is 11.1 Å². The van der Waals surface area contributed by atoms with Gasteiger partial charge in [0.2, 0.25) is 0 Å². The van der Waals surface area contributed by atoms with E-state index in [1.54, 1.807) is 0 Å². The van der Waals surface area contributed by atoms with Gasteiger partial charge in [0.25, 0.3) is 0 Å². The van der Waals surface area contributed by atoms with Gasteiger partial charge in [0, 0.05) is 30.4 Å². The fraction of sp³-hybridized carbons (Fsp3) is 0.160. The summed E-state index contributed by atoms with van der Waals surface area (Å²) in [5.74, 6) is 0. The van der Waals surface area contributed by atoms with Crippen molar-refractivity contribution in [3.05, 3.63) is 191 Å². The maximum atomic E-state index is 2.57. The van der Waals surface area contributed by atoms with E-state index in [0.29, 0.717) is 0 Å². The minimum absolute atomic E-state index is 0.0975. The standard InChI is InChI=1S/C50H44S2Si/c1-33-27-29-40-44(31-33)52-48-42(50(40,5)6)30-28-34(2)46(48)35-17-15-22-38(32-35)53(36-18-9-7-10-19-36,37-20-11-8-12-21-37)45-26-16-24-41-47(45)51-43-25-14-13-23-39(43)49(41,3)4/h7-32H,1-6H3. The van der Waals surface area contributed by atoms with E-state index in [9.17, 15) is 0 Å². The maximum Gasteiger partial charge on any atom is 0.180 e. The van der Waals surface area contributed by atoms with Crippen LogP contribution >= 0.6 is 23.5 Å². The SMILES string of the molecule is Cc1ccc2c(c1)Sc1c(ccc(C)c1-c1cccc([Si](c3ccccc3)(c3ccccc3)c3cccc4c3Sc3ccccc3C4(C)C)c1)C2(C)C. The van der Waals surface area contributed by atoms with Crippen LogP contribution in [-0.4, -0.2) is 8.07 Å². The zero-order chi connectivity index (χ0) is 36.5. The van der Waals surface area contributed by atoms with Crippen molar-refractivity contribution in [2.45, 2.75) is 72.0 Å². The molecule has 2 heterocycles. The van der Waals surface area contributed by atoms with Gasteiger partial charge in [-0.2, -0.15) is 0 Å². The van der Waals surface area contributed by atoms with Crippen LogP contribution in [0.5, 0.6) is 0 Å². The molecule has 0 saturated heterocycles. The van der Waals surface area contributed by atoms with Gasteiger partial charge >= 0.3 is 0 Å². The summed E-state index contributed by atoms with van der Waals surface area (Å²) >= 11 is 3.93. The molecule has 0 saturated carbocycles. The molecule has 7 aromatic rings. The Kier molecular flexibility index (Phi) is 8.27. The summed E-state index contributed by atoms with van der Waals surface area (Å²) < 4.78 is 0. The van der Waals surface area contributed by atoms with Crippen molar-refractivity contribution in [3.8, 4) is 11.1 Å². The van der Waals surface area contributed by atoms with E-state index >= 15 is 0 Å². The van der Waals surface area contributed by atoms with Gasteiger partial charge in [0.1, 0.15) is 0 Å². The second-order valence-corrected chi connectivity index (χ2v) is 21.7. The van der Waals surface area contributed by atoms with Crippen LogP contribution in [0, 0.1) is 13.8 Å². The molecule has 0 fully saturated rings. The highest BCUT2D eigenvalue weighted by Gasteiger charge is 2.46. The average molecular weight is 737 g/mol. The molecule has 0 spiro atoms. The highest BCUT2D eigenvalue weighted by atomic mass is 32.2. The molecule has 0 amide bonds. The van der Waals surface area contributed by atoms with Crippen LogP contribution in [0.3, 0.4) is 0 Å². The van der Waals surface area contributed by atoms with Gasteiger partial charge in [-0.15, -0.1) is 0 Å². The first-order valence-electron chi connectivity index (χ1n) is 18.7. The van der Waals surface area contributed by atoms with Crippen molar-refractivity contribution in [1.82, 2.24) is 0 Å². The highest BCUT2D eigenvalue weighted by molar-refractivity contribution is 8.00. The van der Waals surface area contributed by atoms with Gasteiger partial charge in [-0.1, -0.05) is 197 Å². The second kappa shape index (κ2) is 12.8. The molecule has 0 bridgehead atoms. The predicted molar refractivity (Wildman–Crippen MR) is 230 cm³/mol. The van der Waals surface area contributed by atoms with Crippen LogP contribution in [-0.2, 0) is 10.8 Å². The van der Waals surface area contributed by atoms with E-state index in [2.05, 4.69) is 199 Å². The molecule has 0 aliphatic carbocycles. The van der Waals surface area contributed by atoms with E-state index in [4.69, 9.17) is 0 Å². The number of aryl methyl sites for hydroxylation is 2. The van der Waals surface area contributed by atoms with Crippen LogP contribution in [0.4, 0.5) is 0 Å². The van der Waals surface area contributed by atoms with E-state index in [1.807, 2.05) is 23.5 Å². The highest BCUT2D eigenvalue weighted by Crippen LogP contribution is 2.53. The summed E-state index contributed by atoms with van der Waals surface area (Å²) in [6, 6.07) is 60.5. The molecule has 2 aliphatic rings. The van der Waals surface area contributed by atoms with Crippen LogP contribution in [0.15, 0.2) is 177 Å². The third kappa shape index (κ3) is 5.27. The van der Waals surface area contributed by atoms with Gasteiger partial charge in [-0.3, -0.25) is 0 Å².